The van der Waals surface area contributed by atoms with Crippen LogP contribution in [-0.2, 0) is 23.7 Å². The van der Waals surface area contributed by atoms with Gasteiger partial charge >= 0.3 is 0 Å². The molecular weight excluding hydrogens is 715 g/mol. The van der Waals surface area contributed by atoms with Crippen molar-refractivity contribution in [1.29, 1.82) is 0 Å². The Balaban J connectivity index is 1.11. The fourth-order valence-corrected chi connectivity index (χ4v) is 16.7. The lowest BCUT2D eigenvalue weighted by Gasteiger charge is -2.35. The molecule has 4 aliphatic rings. The van der Waals surface area contributed by atoms with Crippen LogP contribution in [0.3, 0.4) is 0 Å². The van der Waals surface area contributed by atoms with Gasteiger partial charge in [-0.2, -0.15) is 0 Å². The lowest BCUT2D eigenvalue weighted by atomic mass is 9.82. The molecule has 0 fully saturated rings. The Hall–Kier alpha value is -6.22. The Labute approximate surface area is 343 Å². The number of hydrogen-bond acceptors (Lipinski definition) is 1. The number of anilines is 3. The average molecular weight is 760 g/mol. The van der Waals surface area contributed by atoms with E-state index < -0.39 is 8.07 Å². The van der Waals surface area contributed by atoms with Crippen LogP contribution in [0.25, 0.3) is 33.4 Å². The van der Waals surface area contributed by atoms with Crippen molar-refractivity contribution in [2.24, 2.45) is 0 Å². The first kappa shape index (κ1) is 33.9. The minimum Gasteiger partial charge on any atom is -0.310 e. The Morgan fingerprint density at radius 3 is 1.36 bits per heavy atom. The van der Waals surface area contributed by atoms with Crippen molar-refractivity contribution >= 4 is 45.9 Å². The Morgan fingerprint density at radius 2 is 0.828 bits per heavy atom. The molecule has 0 aromatic heterocycles. The van der Waals surface area contributed by atoms with Crippen molar-refractivity contribution in [3.8, 4) is 33.4 Å². The van der Waals surface area contributed by atoms with Crippen LogP contribution in [-0.4, -0.2) is 8.07 Å². The van der Waals surface area contributed by atoms with Crippen LogP contribution in [0.15, 0.2) is 176 Å². The molecule has 0 amide bonds. The van der Waals surface area contributed by atoms with Gasteiger partial charge in [-0.1, -0.05) is 167 Å². The smallest absolute Gasteiger partial charge is 0.180 e. The molecule has 0 spiro atoms. The van der Waals surface area contributed by atoms with Crippen LogP contribution < -0.4 is 25.6 Å². The van der Waals surface area contributed by atoms with E-state index in [0.29, 0.717) is 0 Å². The average Bonchev–Trinajstić information content (AvgIpc) is 3.77. The Kier molecular flexibility index (Phi) is 6.96. The van der Waals surface area contributed by atoms with Crippen molar-refractivity contribution in [3.05, 3.63) is 209 Å². The number of benzene rings is 8. The largest absolute Gasteiger partial charge is 0.310 e. The standard InChI is InChI=1S/C56H45NSi/c1-55(2)49-20-9-5-16-43(49)45-30-27-39(34-51(45)55)57(40-28-31-46-44-17-6-10-21-50(44)56(3,4)52(46)35-40)38-14-13-15-41(33-38)58(42-29-26-36-24-25-37(36)32-42)53-22-11-7-18-47(53)48-19-8-12-23-54(48)58/h5-23,26-35H,24-25H2,1-4H3. The molecule has 0 N–H and O–H groups in total. The van der Waals surface area contributed by atoms with Gasteiger partial charge in [0.05, 0.1) is 0 Å². The predicted octanol–water partition coefficient (Wildman–Crippen LogP) is 11.2. The van der Waals surface area contributed by atoms with Crippen LogP contribution in [0, 0.1) is 0 Å². The minimum absolute atomic E-state index is 0.111. The van der Waals surface area contributed by atoms with Gasteiger partial charge in [0.2, 0.25) is 0 Å². The first-order chi connectivity index (χ1) is 28.3. The molecule has 278 valence electrons. The maximum atomic E-state index is 2.58. The van der Waals surface area contributed by atoms with E-state index in [1.807, 2.05) is 0 Å². The first-order valence-electron chi connectivity index (χ1n) is 21.0. The van der Waals surface area contributed by atoms with E-state index >= 15 is 0 Å². The van der Waals surface area contributed by atoms with Gasteiger partial charge in [0.15, 0.2) is 8.07 Å². The third kappa shape index (κ3) is 4.42. The molecular formula is C56H45NSi. The number of nitrogens with zero attached hydrogens (tertiary/aromatic N) is 1. The van der Waals surface area contributed by atoms with Gasteiger partial charge in [0.25, 0.3) is 0 Å². The van der Waals surface area contributed by atoms with E-state index in [1.165, 1.54) is 117 Å². The van der Waals surface area contributed by atoms with E-state index in [2.05, 4.69) is 209 Å². The lowest BCUT2D eigenvalue weighted by Crippen LogP contribution is -2.73. The highest BCUT2D eigenvalue weighted by atomic mass is 28.3. The van der Waals surface area contributed by atoms with Crippen LogP contribution in [0.1, 0.15) is 61.1 Å². The molecule has 0 unspecified atom stereocenters. The number of aryl methyl sites for hydroxylation is 2. The van der Waals surface area contributed by atoms with Crippen LogP contribution >= 0.6 is 0 Å². The summed E-state index contributed by atoms with van der Waals surface area (Å²) >= 11 is 0. The zero-order valence-electron chi connectivity index (χ0n) is 33.6. The molecule has 0 saturated heterocycles. The number of rotatable bonds is 5. The molecule has 1 heterocycles. The van der Waals surface area contributed by atoms with Gasteiger partial charge in [-0.25, -0.2) is 0 Å². The summed E-state index contributed by atoms with van der Waals surface area (Å²) in [6.07, 6.45) is 2.36. The summed E-state index contributed by atoms with van der Waals surface area (Å²) in [5, 5.41) is 5.90. The van der Waals surface area contributed by atoms with Gasteiger partial charge in [-0.05, 0) is 137 Å². The first-order valence-corrected chi connectivity index (χ1v) is 23.0. The second kappa shape index (κ2) is 11.9. The molecule has 1 aliphatic heterocycles. The maximum Gasteiger partial charge on any atom is 0.180 e. The summed E-state index contributed by atoms with van der Waals surface area (Å²) in [5.74, 6) is 0. The van der Waals surface area contributed by atoms with Crippen LogP contribution in [0.2, 0.25) is 0 Å². The zero-order chi connectivity index (χ0) is 39.0. The summed E-state index contributed by atoms with van der Waals surface area (Å²) in [7, 11) is -2.72. The zero-order valence-corrected chi connectivity index (χ0v) is 34.6. The molecule has 2 heteroatoms. The fourth-order valence-electron chi connectivity index (χ4n) is 11.4. The third-order valence-electron chi connectivity index (χ3n) is 14.4. The minimum atomic E-state index is -2.72. The van der Waals surface area contributed by atoms with Gasteiger partial charge in [-0.3, -0.25) is 0 Å². The summed E-state index contributed by atoms with van der Waals surface area (Å²) in [4.78, 5) is 2.55. The maximum absolute atomic E-state index is 2.72. The molecule has 0 bridgehead atoms. The normalized spacial score (nSPS) is 16.2. The quantitative estimate of drug-likeness (QED) is 0.158. The summed E-state index contributed by atoms with van der Waals surface area (Å²) in [6.45, 7) is 9.56. The third-order valence-corrected chi connectivity index (χ3v) is 19.3. The molecule has 0 atom stereocenters. The molecule has 12 rings (SSSR count). The molecule has 0 radical (unpaired) electrons. The predicted molar refractivity (Wildman–Crippen MR) is 246 cm³/mol. The topological polar surface area (TPSA) is 3.24 Å². The molecule has 3 aliphatic carbocycles. The van der Waals surface area contributed by atoms with E-state index in [1.54, 1.807) is 0 Å². The second-order valence-corrected chi connectivity index (χ2v) is 21.7. The number of hydrogen-bond donors (Lipinski definition) is 0. The van der Waals surface area contributed by atoms with E-state index in [0.717, 1.165) is 0 Å². The molecule has 8 aromatic carbocycles. The molecule has 8 aromatic rings. The molecule has 0 saturated carbocycles. The van der Waals surface area contributed by atoms with Crippen molar-refractivity contribution < 1.29 is 0 Å². The highest BCUT2D eigenvalue weighted by molar-refractivity contribution is 7.22. The second-order valence-electron chi connectivity index (χ2n) is 18.0. The highest BCUT2D eigenvalue weighted by Gasteiger charge is 2.49. The van der Waals surface area contributed by atoms with Gasteiger partial charge < -0.3 is 4.90 Å². The van der Waals surface area contributed by atoms with E-state index in [-0.39, 0.29) is 10.8 Å². The highest BCUT2D eigenvalue weighted by Crippen LogP contribution is 2.53. The Bertz CT molecular complexity index is 2880. The van der Waals surface area contributed by atoms with E-state index in [4.69, 9.17) is 0 Å². The molecule has 1 nitrogen and oxygen atoms in total. The van der Waals surface area contributed by atoms with Crippen molar-refractivity contribution in [3.63, 3.8) is 0 Å². The monoisotopic (exact) mass is 759 g/mol. The number of fused-ring (bicyclic) bond motifs is 10. The van der Waals surface area contributed by atoms with E-state index in [9.17, 15) is 0 Å². The summed E-state index contributed by atoms with van der Waals surface area (Å²) in [6, 6.07) is 68.1. The van der Waals surface area contributed by atoms with Crippen LogP contribution in [0.4, 0.5) is 17.1 Å². The van der Waals surface area contributed by atoms with Crippen molar-refractivity contribution in [1.82, 2.24) is 0 Å². The summed E-state index contributed by atoms with van der Waals surface area (Å²) < 4.78 is 0. The van der Waals surface area contributed by atoms with Crippen molar-refractivity contribution in [2.45, 2.75) is 51.4 Å². The SMILES string of the molecule is CC1(C)c2ccccc2-c2ccc(N(c3cccc([Si]4(c5ccc6c(c5)CC6)c5ccccc5-c5ccccc54)c3)c3ccc4c(c3)C(C)(C)c3ccccc3-4)cc21. The van der Waals surface area contributed by atoms with Gasteiger partial charge in [0, 0.05) is 27.9 Å². The van der Waals surface area contributed by atoms with Gasteiger partial charge in [0.1, 0.15) is 0 Å². The van der Waals surface area contributed by atoms with Gasteiger partial charge in [-0.15, -0.1) is 0 Å². The summed E-state index contributed by atoms with van der Waals surface area (Å²) in [5.41, 5.74) is 20.1. The fraction of sp³-hybridized carbons (Fsp3) is 0.143. The Morgan fingerprint density at radius 1 is 0.362 bits per heavy atom. The lowest BCUT2D eigenvalue weighted by molar-refractivity contribution is 0.660. The van der Waals surface area contributed by atoms with Crippen LogP contribution in [0.5, 0.6) is 0 Å². The van der Waals surface area contributed by atoms with Crippen molar-refractivity contribution in [2.75, 3.05) is 4.90 Å². The molecule has 58 heavy (non-hydrogen) atoms.